The predicted molar refractivity (Wildman–Crippen MR) is 76.5 cm³/mol. The van der Waals surface area contributed by atoms with Crippen molar-refractivity contribution in [3.05, 3.63) is 35.5 Å². The zero-order valence-corrected chi connectivity index (χ0v) is 11.4. The van der Waals surface area contributed by atoms with Crippen molar-refractivity contribution in [1.29, 1.82) is 0 Å². The molecule has 4 nitrogen and oxygen atoms in total. The molecule has 0 aliphatic rings. The summed E-state index contributed by atoms with van der Waals surface area (Å²) in [6, 6.07) is 6.14. The van der Waals surface area contributed by atoms with Crippen LogP contribution in [0.2, 0.25) is 0 Å². The van der Waals surface area contributed by atoms with Crippen molar-refractivity contribution >= 4 is 16.9 Å². The van der Waals surface area contributed by atoms with Gasteiger partial charge in [0.15, 0.2) is 0 Å². The van der Waals surface area contributed by atoms with Crippen LogP contribution in [0.4, 0.5) is 0 Å². The SMILES string of the molecule is CN(C)CCc1c[nH]c2ccc(CCC(=O)O)cc12. The molecule has 0 aliphatic heterocycles. The number of likely N-dealkylation sites (N-methyl/N-ethyl adjacent to an activating group) is 1. The van der Waals surface area contributed by atoms with Crippen LogP contribution in [0, 0.1) is 0 Å². The van der Waals surface area contributed by atoms with Gasteiger partial charge in [0.1, 0.15) is 0 Å². The third-order valence-corrected chi connectivity index (χ3v) is 3.29. The van der Waals surface area contributed by atoms with E-state index in [2.05, 4.69) is 36.2 Å². The summed E-state index contributed by atoms with van der Waals surface area (Å²) in [5.41, 5.74) is 3.49. The maximum atomic E-state index is 10.6. The van der Waals surface area contributed by atoms with Gasteiger partial charge in [-0.05, 0) is 50.2 Å². The Morgan fingerprint density at radius 1 is 1.32 bits per heavy atom. The maximum absolute atomic E-state index is 10.6. The number of aromatic amines is 1. The van der Waals surface area contributed by atoms with Crippen molar-refractivity contribution in [2.24, 2.45) is 0 Å². The zero-order chi connectivity index (χ0) is 13.8. The minimum Gasteiger partial charge on any atom is -0.481 e. The van der Waals surface area contributed by atoms with Gasteiger partial charge in [-0.1, -0.05) is 6.07 Å². The highest BCUT2D eigenvalue weighted by Crippen LogP contribution is 2.21. The Bertz CT molecular complexity index is 573. The van der Waals surface area contributed by atoms with E-state index in [1.807, 2.05) is 12.1 Å². The van der Waals surface area contributed by atoms with Crippen molar-refractivity contribution in [3.8, 4) is 0 Å². The van der Waals surface area contributed by atoms with Gasteiger partial charge in [0, 0.05) is 30.1 Å². The van der Waals surface area contributed by atoms with Gasteiger partial charge in [-0.2, -0.15) is 0 Å². The first-order valence-corrected chi connectivity index (χ1v) is 6.51. The van der Waals surface area contributed by atoms with E-state index in [1.165, 1.54) is 10.9 Å². The van der Waals surface area contributed by atoms with Crippen molar-refractivity contribution in [2.45, 2.75) is 19.3 Å². The van der Waals surface area contributed by atoms with E-state index in [0.717, 1.165) is 24.0 Å². The Morgan fingerprint density at radius 3 is 2.79 bits per heavy atom. The lowest BCUT2D eigenvalue weighted by atomic mass is 10.0. The molecule has 0 amide bonds. The van der Waals surface area contributed by atoms with Crippen LogP contribution in [0.5, 0.6) is 0 Å². The van der Waals surface area contributed by atoms with Crippen molar-refractivity contribution in [3.63, 3.8) is 0 Å². The van der Waals surface area contributed by atoms with Gasteiger partial charge in [0.05, 0.1) is 0 Å². The second-order valence-electron chi connectivity index (χ2n) is 5.14. The highest BCUT2D eigenvalue weighted by Gasteiger charge is 2.06. The van der Waals surface area contributed by atoms with Gasteiger partial charge in [-0.15, -0.1) is 0 Å². The van der Waals surface area contributed by atoms with Gasteiger partial charge < -0.3 is 15.0 Å². The van der Waals surface area contributed by atoms with E-state index < -0.39 is 5.97 Å². The van der Waals surface area contributed by atoms with E-state index in [4.69, 9.17) is 5.11 Å². The smallest absolute Gasteiger partial charge is 0.303 e. The fourth-order valence-electron chi connectivity index (χ4n) is 2.18. The van der Waals surface area contributed by atoms with E-state index >= 15 is 0 Å². The molecule has 0 radical (unpaired) electrons. The normalized spacial score (nSPS) is 11.3. The Hall–Kier alpha value is -1.81. The molecule has 102 valence electrons. The second kappa shape index (κ2) is 5.89. The van der Waals surface area contributed by atoms with Gasteiger partial charge in [-0.3, -0.25) is 4.79 Å². The molecule has 0 unspecified atom stereocenters. The summed E-state index contributed by atoms with van der Waals surface area (Å²) in [4.78, 5) is 16.0. The molecule has 4 heteroatoms. The number of nitrogens with zero attached hydrogens (tertiary/aromatic N) is 1. The molecule has 19 heavy (non-hydrogen) atoms. The minimum absolute atomic E-state index is 0.183. The molecular weight excluding hydrogens is 240 g/mol. The molecule has 0 saturated heterocycles. The molecule has 1 aromatic heterocycles. The molecule has 0 atom stereocenters. The summed E-state index contributed by atoms with van der Waals surface area (Å²) < 4.78 is 0. The molecule has 0 saturated carbocycles. The predicted octanol–water partition coefficient (Wildman–Crippen LogP) is 2.29. The fraction of sp³-hybridized carbons (Fsp3) is 0.400. The first-order valence-electron chi connectivity index (χ1n) is 6.51. The number of benzene rings is 1. The van der Waals surface area contributed by atoms with Crippen LogP contribution in [0.3, 0.4) is 0 Å². The number of carboxylic acids is 1. The summed E-state index contributed by atoms with van der Waals surface area (Å²) >= 11 is 0. The number of aryl methyl sites for hydroxylation is 1. The monoisotopic (exact) mass is 260 g/mol. The minimum atomic E-state index is -0.748. The van der Waals surface area contributed by atoms with Crippen LogP contribution in [-0.4, -0.2) is 41.6 Å². The average Bonchev–Trinajstić information content (AvgIpc) is 2.76. The topological polar surface area (TPSA) is 56.3 Å². The van der Waals surface area contributed by atoms with Crippen LogP contribution in [-0.2, 0) is 17.6 Å². The maximum Gasteiger partial charge on any atom is 0.303 e. The highest BCUT2D eigenvalue weighted by molar-refractivity contribution is 5.84. The molecule has 0 bridgehead atoms. The Balaban J connectivity index is 2.19. The number of nitrogens with one attached hydrogen (secondary N) is 1. The summed E-state index contributed by atoms with van der Waals surface area (Å²) in [5.74, 6) is -0.748. The second-order valence-corrected chi connectivity index (χ2v) is 5.14. The summed E-state index contributed by atoms with van der Waals surface area (Å²) in [6.07, 6.45) is 3.82. The molecule has 0 spiro atoms. The number of hydrogen-bond acceptors (Lipinski definition) is 2. The Labute approximate surface area is 113 Å². The number of hydrogen-bond donors (Lipinski definition) is 2. The molecule has 2 aromatic rings. The van der Waals surface area contributed by atoms with E-state index in [-0.39, 0.29) is 6.42 Å². The summed E-state index contributed by atoms with van der Waals surface area (Å²) in [5, 5.41) is 9.95. The third-order valence-electron chi connectivity index (χ3n) is 3.29. The lowest BCUT2D eigenvalue weighted by molar-refractivity contribution is -0.136. The van der Waals surface area contributed by atoms with E-state index in [1.54, 1.807) is 0 Å². The van der Waals surface area contributed by atoms with Gasteiger partial charge in [-0.25, -0.2) is 0 Å². The summed E-state index contributed by atoms with van der Waals surface area (Å²) in [6.45, 7) is 1.01. The van der Waals surface area contributed by atoms with Crippen LogP contribution < -0.4 is 0 Å². The first kappa shape index (κ1) is 13.6. The van der Waals surface area contributed by atoms with E-state index in [0.29, 0.717) is 6.42 Å². The van der Waals surface area contributed by atoms with Crippen LogP contribution in [0.15, 0.2) is 24.4 Å². The molecule has 2 rings (SSSR count). The standard InChI is InChI=1S/C15H20N2O2/c1-17(2)8-7-12-10-16-14-5-3-11(9-13(12)14)4-6-15(18)19/h3,5,9-10,16H,4,6-8H2,1-2H3,(H,18,19). The Morgan fingerprint density at radius 2 is 2.11 bits per heavy atom. The molecule has 1 heterocycles. The van der Waals surface area contributed by atoms with Gasteiger partial charge >= 0.3 is 5.97 Å². The number of rotatable bonds is 6. The number of H-pyrrole nitrogens is 1. The van der Waals surface area contributed by atoms with Gasteiger partial charge in [0.25, 0.3) is 0 Å². The number of fused-ring (bicyclic) bond motifs is 1. The first-order chi connectivity index (χ1) is 9.06. The molecule has 0 fully saturated rings. The Kier molecular flexibility index (Phi) is 4.22. The number of aliphatic carboxylic acids is 1. The lowest BCUT2D eigenvalue weighted by Crippen LogP contribution is -2.14. The molecule has 2 N–H and O–H groups in total. The largest absolute Gasteiger partial charge is 0.481 e. The quantitative estimate of drug-likeness (QED) is 0.838. The zero-order valence-electron chi connectivity index (χ0n) is 11.4. The average molecular weight is 260 g/mol. The fourth-order valence-corrected chi connectivity index (χ4v) is 2.18. The summed E-state index contributed by atoms with van der Waals surface area (Å²) in [7, 11) is 4.13. The lowest BCUT2D eigenvalue weighted by Gasteiger charge is -2.08. The van der Waals surface area contributed by atoms with Crippen LogP contribution in [0.25, 0.3) is 10.9 Å². The van der Waals surface area contributed by atoms with Crippen molar-refractivity contribution in [1.82, 2.24) is 9.88 Å². The van der Waals surface area contributed by atoms with Crippen LogP contribution in [0.1, 0.15) is 17.5 Å². The van der Waals surface area contributed by atoms with Gasteiger partial charge in [0.2, 0.25) is 0 Å². The molecule has 0 aliphatic carbocycles. The molecular formula is C15H20N2O2. The highest BCUT2D eigenvalue weighted by atomic mass is 16.4. The van der Waals surface area contributed by atoms with Crippen LogP contribution >= 0.6 is 0 Å². The number of carbonyl (C=O) groups is 1. The number of aromatic nitrogens is 1. The molecule has 1 aromatic carbocycles. The third kappa shape index (κ3) is 3.58. The number of carboxylic acid groups (broad SMARTS) is 1. The van der Waals surface area contributed by atoms with E-state index in [9.17, 15) is 4.79 Å². The van der Waals surface area contributed by atoms with Crippen molar-refractivity contribution in [2.75, 3.05) is 20.6 Å². The van der Waals surface area contributed by atoms with Crippen molar-refractivity contribution < 1.29 is 9.90 Å².